The van der Waals surface area contributed by atoms with Crippen LogP contribution >= 0.6 is 0 Å². The van der Waals surface area contributed by atoms with Crippen molar-refractivity contribution in [2.45, 2.75) is 32.7 Å². The van der Waals surface area contributed by atoms with Gasteiger partial charge < -0.3 is 16.2 Å². The lowest BCUT2D eigenvalue weighted by molar-refractivity contribution is 0.0843. The van der Waals surface area contributed by atoms with Crippen LogP contribution in [0.5, 0.6) is 0 Å². The van der Waals surface area contributed by atoms with E-state index < -0.39 is 17.3 Å². The number of halogens is 1. The topological polar surface area (TPSA) is 75.3 Å². The van der Waals surface area contributed by atoms with Crippen molar-refractivity contribution in [2.75, 3.05) is 12.3 Å². The van der Waals surface area contributed by atoms with Gasteiger partial charge in [0.15, 0.2) is 0 Å². The number of rotatable bonds is 4. The fourth-order valence-electron chi connectivity index (χ4n) is 1.54. The van der Waals surface area contributed by atoms with E-state index in [9.17, 15) is 14.3 Å². The summed E-state index contributed by atoms with van der Waals surface area (Å²) in [7, 11) is 0. The van der Waals surface area contributed by atoms with Gasteiger partial charge in [0.25, 0.3) is 5.91 Å². The summed E-state index contributed by atoms with van der Waals surface area (Å²) >= 11 is 0. The van der Waals surface area contributed by atoms with Crippen molar-refractivity contribution in [3.8, 4) is 0 Å². The van der Waals surface area contributed by atoms with Gasteiger partial charge in [-0.05, 0) is 38.0 Å². The first kappa shape index (κ1) is 14.4. The van der Waals surface area contributed by atoms with Crippen molar-refractivity contribution in [3.05, 3.63) is 29.1 Å². The molecule has 1 aromatic carbocycles. The Morgan fingerprint density at radius 3 is 2.67 bits per heavy atom. The van der Waals surface area contributed by atoms with Gasteiger partial charge in [0, 0.05) is 5.69 Å². The molecule has 100 valence electrons. The Morgan fingerprint density at radius 2 is 2.17 bits per heavy atom. The molecule has 0 fully saturated rings. The summed E-state index contributed by atoms with van der Waals surface area (Å²) in [5.41, 5.74) is 5.40. The van der Waals surface area contributed by atoms with Crippen molar-refractivity contribution in [1.29, 1.82) is 0 Å². The molecule has 0 aliphatic heterocycles. The monoisotopic (exact) mass is 254 g/mol. The molecule has 0 aromatic heterocycles. The molecule has 0 spiro atoms. The van der Waals surface area contributed by atoms with E-state index in [4.69, 9.17) is 5.73 Å². The molecule has 0 bridgehead atoms. The molecule has 1 aromatic rings. The van der Waals surface area contributed by atoms with Crippen LogP contribution in [0.3, 0.4) is 0 Å². The van der Waals surface area contributed by atoms with Gasteiger partial charge in [0.2, 0.25) is 0 Å². The second-order valence-corrected chi connectivity index (χ2v) is 4.73. The molecule has 1 rings (SSSR count). The first-order valence-electron chi connectivity index (χ1n) is 5.82. The van der Waals surface area contributed by atoms with E-state index in [0.29, 0.717) is 17.7 Å². The molecule has 1 amide bonds. The van der Waals surface area contributed by atoms with Crippen molar-refractivity contribution in [1.82, 2.24) is 5.32 Å². The summed E-state index contributed by atoms with van der Waals surface area (Å²) in [4.78, 5) is 12.0. The molecular formula is C13H19FN2O2. The van der Waals surface area contributed by atoms with Gasteiger partial charge >= 0.3 is 0 Å². The molecule has 18 heavy (non-hydrogen) atoms. The van der Waals surface area contributed by atoms with E-state index in [1.54, 1.807) is 13.8 Å². The number of amides is 1. The molecule has 0 radical (unpaired) electrons. The van der Waals surface area contributed by atoms with Gasteiger partial charge in [0.05, 0.1) is 17.7 Å². The fourth-order valence-corrected chi connectivity index (χ4v) is 1.54. The van der Waals surface area contributed by atoms with Gasteiger partial charge in [0.1, 0.15) is 5.82 Å². The zero-order chi connectivity index (χ0) is 13.9. The largest absolute Gasteiger partial charge is 0.399 e. The van der Waals surface area contributed by atoms with Crippen LogP contribution in [0.25, 0.3) is 0 Å². The summed E-state index contributed by atoms with van der Waals surface area (Å²) in [5.74, 6) is -1.15. The lowest BCUT2D eigenvalue weighted by atomic mass is 9.99. The van der Waals surface area contributed by atoms with E-state index in [-0.39, 0.29) is 12.2 Å². The Hall–Kier alpha value is -1.62. The molecule has 4 nitrogen and oxygen atoms in total. The summed E-state index contributed by atoms with van der Waals surface area (Å²) in [6.45, 7) is 4.87. The Bertz CT molecular complexity index is 457. The molecule has 0 aliphatic rings. The van der Waals surface area contributed by atoms with Gasteiger partial charge in [-0.3, -0.25) is 4.79 Å². The fraction of sp³-hybridized carbons (Fsp3) is 0.462. The van der Waals surface area contributed by atoms with E-state index >= 15 is 0 Å². The highest BCUT2D eigenvalue weighted by molar-refractivity contribution is 5.96. The average molecular weight is 254 g/mol. The maximum absolute atomic E-state index is 13.8. The number of aliphatic hydroxyl groups excluding tert-OH is 1. The van der Waals surface area contributed by atoms with Crippen molar-refractivity contribution in [3.63, 3.8) is 0 Å². The molecule has 0 aliphatic carbocycles. The summed E-state index contributed by atoms with van der Waals surface area (Å²) < 4.78 is 13.8. The number of carbonyl (C=O) groups excluding carboxylic acids is 1. The number of nitrogens with two attached hydrogens (primary N) is 1. The first-order chi connectivity index (χ1) is 8.33. The SMILES string of the molecule is CCC(C)(CO)NC(=O)c1cc(N)cc(C)c1F. The number of aliphatic hydroxyl groups is 1. The lowest BCUT2D eigenvalue weighted by Gasteiger charge is -2.27. The van der Waals surface area contributed by atoms with E-state index in [0.717, 1.165) is 0 Å². The Labute approximate surface area is 106 Å². The third-order valence-electron chi connectivity index (χ3n) is 3.07. The Balaban J connectivity index is 3.05. The van der Waals surface area contributed by atoms with Crippen LogP contribution in [0.4, 0.5) is 10.1 Å². The van der Waals surface area contributed by atoms with Crippen LogP contribution in [-0.2, 0) is 0 Å². The molecule has 5 heteroatoms. The number of aryl methyl sites for hydroxylation is 1. The average Bonchev–Trinajstić information content (AvgIpc) is 2.33. The standard InChI is InChI=1S/C13H19FN2O2/c1-4-13(3,7-17)16-12(18)10-6-9(15)5-8(2)11(10)14/h5-6,17H,4,7,15H2,1-3H3,(H,16,18). The van der Waals surface area contributed by atoms with Gasteiger partial charge in [-0.2, -0.15) is 0 Å². The highest BCUT2D eigenvalue weighted by Gasteiger charge is 2.25. The minimum absolute atomic E-state index is 0.0966. The van der Waals surface area contributed by atoms with E-state index in [1.807, 2.05) is 6.92 Å². The van der Waals surface area contributed by atoms with Crippen LogP contribution in [0, 0.1) is 12.7 Å². The van der Waals surface area contributed by atoms with Crippen molar-refractivity contribution < 1.29 is 14.3 Å². The molecule has 1 atom stereocenters. The molecule has 4 N–H and O–H groups in total. The number of benzene rings is 1. The quantitative estimate of drug-likeness (QED) is 0.714. The first-order valence-corrected chi connectivity index (χ1v) is 5.82. The maximum Gasteiger partial charge on any atom is 0.254 e. The van der Waals surface area contributed by atoms with Crippen molar-refractivity contribution in [2.24, 2.45) is 0 Å². The zero-order valence-electron chi connectivity index (χ0n) is 10.9. The third-order valence-corrected chi connectivity index (χ3v) is 3.07. The predicted molar refractivity (Wildman–Crippen MR) is 68.8 cm³/mol. The summed E-state index contributed by atoms with van der Waals surface area (Å²) in [6, 6.07) is 2.77. The predicted octanol–water partition coefficient (Wildman–Crippen LogP) is 1.61. The number of hydrogen-bond acceptors (Lipinski definition) is 3. The number of nitrogen functional groups attached to an aromatic ring is 1. The van der Waals surface area contributed by atoms with Crippen LogP contribution < -0.4 is 11.1 Å². The van der Waals surface area contributed by atoms with Crippen LogP contribution in [0.1, 0.15) is 36.2 Å². The minimum atomic E-state index is -0.762. The number of hydrogen-bond donors (Lipinski definition) is 3. The molecule has 0 heterocycles. The van der Waals surface area contributed by atoms with E-state index in [2.05, 4.69) is 5.32 Å². The normalized spacial score (nSPS) is 14.1. The lowest BCUT2D eigenvalue weighted by Crippen LogP contribution is -2.48. The summed E-state index contributed by atoms with van der Waals surface area (Å²) in [6.07, 6.45) is 0.540. The van der Waals surface area contributed by atoms with Gasteiger partial charge in [-0.1, -0.05) is 6.92 Å². The molecule has 1 unspecified atom stereocenters. The molecule has 0 saturated carbocycles. The smallest absolute Gasteiger partial charge is 0.254 e. The van der Waals surface area contributed by atoms with Crippen LogP contribution in [0.2, 0.25) is 0 Å². The van der Waals surface area contributed by atoms with Crippen LogP contribution in [0.15, 0.2) is 12.1 Å². The highest BCUT2D eigenvalue weighted by Crippen LogP contribution is 2.18. The molecule has 0 saturated heterocycles. The maximum atomic E-state index is 13.8. The minimum Gasteiger partial charge on any atom is -0.399 e. The number of anilines is 1. The second kappa shape index (κ2) is 5.35. The second-order valence-electron chi connectivity index (χ2n) is 4.73. The summed E-state index contributed by atoms with van der Waals surface area (Å²) in [5, 5.41) is 11.8. The van der Waals surface area contributed by atoms with E-state index in [1.165, 1.54) is 12.1 Å². The van der Waals surface area contributed by atoms with Crippen LogP contribution in [-0.4, -0.2) is 23.2 Å². The van der Waals surface area contributed by atoms with Gasteiger partial charge in [-0.15, -0.1) is 0 Å². The Kier molecular flexibility index (Phi) is 4.29. The number of nitrogens with one attached hydrogen (secondary N) is 1. The number of carbonyl (C=O) groups is 1. The third kappa shape index (κ3) is 2.98. The van der Waals surface area contributed by atoms with Crippen molar-refractivity contribution >= 4 is 11.6 Å². The van der Waals surface area contributed by atoms with Gasteiger partial charge in [-0.25, -0.2) is 4.39 Å². The molecular weight excluding hydrogens is 235 g/mol. The Morgan fingerprint density at radius 1 is 1.56 bits per heavy atom. The zero-order valence-corrected chi connectivity index (χ0v) is 10.9. The highest BCUT2D eigenvalue weighted by atomic mass is 19.1.